The van der Waals surface area contributed by atoms with Crippen LogP contribution in [0.2, 0.25) is 0 Å². The van der Waals surface area contributed by atoms with Gasteiger partial charge in [0, 0.05) is 11.8 Å². The Kier molecular flexibility index (Phi) is 5.83. The third kappa shape index (κ3) is 3.84. The maximum Gasteiger partial charge on any atom is 0.384 e. The highest BCUT2D eigenvalue weighted by molar-refractivity contribution is 5.88. The molecule has 0 spiro atoms. The molecule has 0 aromatic rings. The summed E-state index contributed by atoms with van der Waals surface area (Å²) in [6.07, 6.45) is 14.3. The maximum atomic E-state index is 12.1. The number of carbonyl (C=O) groups excluding carboxylic acids is 1. The lowest BCUT2D eigenvalue weighted by Crippen LogP contribution is -2.53. The maximum absolute atomic E-state index is 12.1. The van der Waals surface area contributed by atoms with Gasteiger partial charge < -0.3 is 4.74 Å². The van der Waals surface area contributed by atoms with Gasteiger partial charge in [-0.1, -0.05) is 39.5 Å². The summed E-state index contributed by atoms with van der Waals surface area (Å²) in [5, 5.41) is 0. The molecule has 0 N–H and O–H groups in total. The van der Waals surface area contributed by atoms with Gasteiger partial charge in [0.05, 0.1) is 0 Å². The monoisotopic (exact) mass is 412 g/mol. The van der Waals surface area contributed by atoms with Gasteiger partial charge in [0.15, 0.2) is 0 Å². The van der Waals surface area contributed by atoms with E-state index in [-0.39, 0.29) is 11.9 Å². The Labute approximate surface area is 185 Å². The molecule has 0 heterocycles. The fourth-order valence-electron chi connectivity index (χ4n) is 8.73. The molecule has 2 nitrogen and oxygen atoms in total. The summed E-state index contributed by atoms with van der Waals surface area (Å²) >= 11 is 0. The summed E-state index contributed by atoms with van der Waals surface area (Å²) in [6.45, 7) is 13.2. The molecule has 4 saturated carbocycles. The van der Waals surface area contributed by atoms with E-state index in [1.165, 1.54) is 64.2 Å². The normalized spacial score (nSPS) is 44.0. The summed E-state index contributed by atoms with van der Waals surface area (Å²) in [5.41, 5.74) is 0.551. The molecule has 0 amide bonds. The van der Waals surface area contributed by atoms with E-state index >= 15 is 0 Å². The minimum atomic E-state index is -0.466. The number of hydrogen-bond donors (Lipinski definition) is 0. The number of fused-ring (bicyclic) bond motifs is 5. The molecule has 4 fully saturated rings. The highest BCUT2D eigenvalue weighted by Gasteiger charge is 2.60. The van der Waals surface area contributed by atoms with Gasteiger partial charge in [-0.25, -0.2) is 4.79 Å². The van der Waals surface area contributed by atoms with Crippen LogP contribution in [0.4, 0.5) is 0 Å². The van der Waals surface area contributed by atoms with Gasteiger partial charge in [-0.3, -0.25) is 0 Å². The van der Waals surface area contributed by atoms with E-state index in [1.54, 1.807) is 0 Å². The number of carbonyl (C=O) groups is 1. The Morgan fingerprint density at radius 3 is 2.40 bits per heavy atom. The van der Waals surface area contributed by atoms with Crippen LogP contribution in [-0.2, 0) is 9.53 Å². The van der Waals surface area contributed by atoms with E-state index in [4.69, 9.17) is 4.74 Å². The van der Waals surface area contributed by atoms with Crippen molar-refractivity contribution in [2.75, 3.05) is 0 Å². The lowest BCUT2D eigenvalue weighted by atomic mass is 9.44. The van der Waals surface area contributed by atoms with Crippen molar-refractivity contribution in [3.63, 3.8) is 0 Å². The molecule has 0 radical (unpaired) electrons. The van der Waals surface area contributed by atoms with E-state index in [9.17, 15) is 4.79 Å². The van der Waals surface area contributed by atoms with E-state index in [0.717, 1.165) is 23.7 Å². The Bertz CT molecular complexity index is 721. The van der Waals surface area contributed by atoms with E-state index in [1.807, 2.05) is 20.8 Å². The number of rotatable bonds is 1. The van der Waals surface area contributed by atoms with Crippen LogP contribution in [0.25, 0.3) is 0 Å². The first kappa shape index (κ1) is 22.2. The lowest BCUT2D eigenvalue weighted by molar-refractivity contribution is -0.147. The summed E-state index contributed by atoms with van der Waals surface area (Å²) in [6, 6.07) is 0. The molecule has 0 aliphatic heterocycles. The first-order valence-electron chi connectivity index (χ1n) is 12.8. The minimum absolute atomic E-state index is 0.269. The van der Waals surface area contributed by atoms with Crippen LogP contribution in [-0.4, -0.2) is 11.6 Å². The zero-order valence-corrected chi connectivity index (χ0v) is 20.4. The predicted molar refractivity (Wildman–Crippen MR) is 123 cm³/mol. The van der Waals surface area contributed by atoms with Crippen LogP contribution in [0.5, 0.6) is 0 Å². The van der Waals surface area contributed by atoms with Gasteiger partial charge in [-0.15, -0.1) is 0 Å². The Hall–Kier alpha value is -0.970. The second-order valence-electron chi connectivity index (χ2n) is 12.7. The van der Waals surface area contributed by atoms with Gasteiger partial charge in [-0.2, -0.15) is 0 Å². The molecule has 4 aliphatic rings. The molecule has 30 heavy (non-hydrogen) atoms. The molecule has 4 aliphatic carbocycles. The molecule has 0 aromatic heterocycles. The van der Waals surface area contributed by atoms with Crippen molar-refractivity contribution in [2.45, 2.75) is 111 Å². The first-order chi connectivity index (χ1) is 14.0. The van der Waals surface area contributed by atoms with Crippen molar-refractivity contribution in [2.24, 2.45) is 46.3 Å². The third-order valence-electron chi connectivity index (χ3n) is 10.1. The molecule has 0 aromatic carbocycles. The van der Waals surface area contributed by atoms with Crippen molar-refractivity contribution in [1.29, 1.82) is 0 Å². The third-order valence-corrected chi connectivity index (χ3v) is 10.1. The molecular weight excluding hydrogens is 368 g/mol. The molecule has 0 bridgehead atoms. The summed E-state index contributed by atoms with van der Waals surface area (Å²) in [5.74, 6) is 10.4. The Morgan fingerprint density at radius 2 is 1.67 bits per heavy atom. The fourth-order valence-corrected chi connectivity index (χ4v) is 8.73. The molecule has 2 heteroatoms. The van der Waals surface area contributed by atoms with Crippen LogP contribution in [0.15, 0.2) is 0 Å². The van der Waals surface area contributed by atoms with Crippen molar-refractivity contribution in [3.05, 3.63) is 0 Å². The average molecular weight is 413 g/mol. The van der Waals surface area contributed by atoms with Gasteiger partial charge in [0.2, 0.25) is 0 Å². The van der Waals surface area contributed by atoms with Gasteiger partial charge in [-0.05, 0) is 113 Å². The molecule has 0 saturated heterocycles. The quantitative estimate of drug-likeness (QED) is 0.263. The smallest absolute Gasteiger partial charge is 0.384 e. The van der Waals surface area contributed by atoms with E-state index < -0.39 is 5.60 Å². The number of hydrogen-bond acceptors (Lipinski definition) is 2. The second-order valence-corrected chi connectivity index (χ2v) is 12.7. The van der Waals surface area contributed by atoms with E-state index in [2.05, 4.69) is 32.6 Å². The van der Waals surface area contributed by atoms with Crippen LogP contribution in [0.1, 0.15) is 106 Å². The van der Waals surface area contributed by atoms with Gasteiger partial charge in [0.1, 0.15) is 5.60 Å². The van der Waals surface area contributed by atoms with E-state index in [0.29, 0.717) is 16.7 Å². The SMILES string of the molecule is C[C@H](C#CC(=O)OC(C)(C)C)[C@H]1CC[C@H]2[C@@H]3CCC4CCCC[C@]4(C)[C@H]3CC[C@]12C. The Morgan fingerprint density at radius 1 is 0.933 bits per heavy atom. The summed E-state index contributed by atoms with van der Waals surface area (Å²) < 4.78 is 5.40. The molecule has 168 valence electrons. The van der Waals surface area contributed by atoms with Crippen molar-refractivity contribution in [3.8, 4) is 11.8 Å². The molecular formula is C28H44O2. The van der Waals surface area contributed by atoms with Gasteiger partial charge >= 0.3 is 5.97 Å². The van der Waals surface area contributed by atoms with Crippen LogP contribution < -0.4 is 0 Å². The minimum Gasteiger partial charge on any atom is -0.450 e. The van der Waals surface area contributed by atoms with Crippen LogP contribution >= 0.6 is 0 Å². The molecule has 4 rings (SSSR count). The lowest BCUT2D eigenvalue weighted by Gasteiger charge is -2.60. The Balaban J connectivity index is 1.48. The largest absolute Gasteiger partial charge is 0.450 e. The van der Waals surface area contributed by atoms with Crippen molar-refractivity contribution >= 4 is 5.97 Å². The number of esters is 1. The standard InChI is InChI=1S/C28H44O2/c1-19(10-15-25(29)30-26(2,3)4)22-13-14-23-21-12-11-20-9-7-8-17-27(20,5)24(21)16-18-28(22,23)6/h19-24H,7-9,11-14,16-18H2,1-6H3/t19-,20?,21+,22-,23+,24+,27+,28-/m1/s1. The second kappa shape index (κ2) is 7.86. The highest BCUT2D eigenvalue weighted by atomic mass is 16.6. The summed E-state index contributed by atoms with van der Waals surface area (Å²) in [7, 11) is 0. The van der Waals surface area contributed by atoms with Crippen LogP contribution in [0.3, 0.4) is 0 Å². The molecule has 8 atom stereocenters. The fraction of sp³-hybridized carbons (Fsp3) is 0.893. The highest BCUT2D eigenvalue weighted by Crippen LogP contribution is 2.68. The van der Waals surface area contributed by atoms with Gasteiger partial charge in [0.25, 0.3) is 0 Å². The zero-order chi connectivity index (χ0) is 21.7. The zero-order valence-electron chi connectivity index (χ0n) is 20.4. The number of ether oxygens (including phenoxy) is 1. The topological polar surface area (TPSA) is 26.3 Å². The van der Waals surface area contributed by atoms with Crippen molar-refractivity contribution < 1.29 is 9.53 Å². The molecule has 1 unspecified atom stereocenters. The average Bonchev–Trinajstić information content (AvgIpc) is 3.01. The van der Waals surface area contributed by atoms with Crippen molar-refractivity contribution in [1.82, 2.24) is 0 Å². The summed E-state index contributed by atoms with van der Waals surface area (Å²) in [4.78, 5) is 12.1. The predicted octanol–water partition coefficient (Wildman–Crippen LogP) is 7.02. The first-order valence-corrected chi connectivity index (χ1v) is 12.8. The van der Waals surface area contributed by atoms with Crippen LogP contribution in [0, 0.1) is 58.2 Å².